The van der Waals surface area contributed by atoms with E-state index in [0.29, 0.717) is 11.3 Å². The van der Waals surface area contributed by atoms with Crippen LogP contribution in [-0.4, -0.2) is 42.4 Å². The molecule has 0 saturated carbocycles. The van der Waals surface area contributed by atoms with E-state index in [-0.39, 0.29) is 17.4 Å². The number of pyridine rings is 1. The second-order valence-electron chi connectivity index (χ2n) is 8.46. The summed E-state index contributed by atoms with van der Waals surface area (Å²) in [7, 11) is -2.53. The number of carbonyl (C=O) groups is 1. The molecule has 2 rings (SSSR count). The van der Waals surface area contributed by atoms with Crippen LogP contribution in [0.2, 0.25) is 0 Å². The normalized spacial score (nSPS) is 13.3. The minimum atomic E-state index is -4.03. The van der Waals surface area contributed by atoms with E-state index in [1.54, 1.807) is 71.3 Å². The van der Waals surface area contributed by atoms with Crippen LogP contribution in [0, 0.1) is 5.92 Å². The zero-order valence-electron chi connectivity index (χ0n) is 18.8. The molecular formula is C22H31N3O5S. The van der Waals surface area contributed by atoms with Gasteiger partial charge in [0.1, 0.15) is 11.8 Å². The summed E-state index contributed by atoms with van der Waals surface area (Å²) in [5, 5.41) is 0. The molecule has 31 heavy (non-hydrogen) atoms. The summed E-state index contributed by atoms with van der Waals surface area (Å²) in [5.74, 6) is -0.325. The van der Waals surface area contributed by atoms with Crippen molar-refractivity contribution in [2.24, 2.45) is 5.92 Å². The zero-order valence-corrected chi connectivity index (χ0v) is 19.6. The highest BCUT2D eigenvalue weighted by molar-refractivity contribution is 7.89. The fourth-order valence-corrected chi connectivity index (χ4v) is 4.63. The Labute approximate surface area is 184 Å². The van der Waals surface area contributed by atoms with Crippen LogP contribution in [0.15, 0.2) is 53.7 Å². The number of methoxy groups -OCH3 is 1. The van der Waals surface area contributed by atoms with Crippen molar-refractivity contribution in [1.29, 1.82) is 0 Å². The summed E-state index contributed by atoms with van der Waals surface area (Å²) in [6.07, 6.45) is 3.19. The molecule has 9 heteroatoms. The van der Waals surface area contributed by atoms with Gasteiger partial charge in [-0.3, -0.25) is 14.6 Å². The first-order valence-electron chi connectivity index (χ1n) is 9.98. The Morgan fingerprint density at radius 1 is 1.16 bits per heavy atom. The number of hydrogen-bond donors (Lipinski definition) is 1. The molecule has 0 saturated heterocycles. The topological polar surface area (TPSA) is 97.8 Å². The largest absolute Gasteiger partial charge is 0.497 e. The van der Waals surface area contributed by atoms with Crippen molar-refractivity contribution in [3.63, 3.8) is 0 Å². The van der Waals surface area contributed by atoms with Crippen molar-refractivity contribution in [3.8, 4) is 5.75 Å². The van der Waals surface area contributed by atoms with E-state index in [9.17, 15) is 13.2 Å². The Morgan fingerprint density at radius 3 is 2.29 bits per heavy atom. The summed E-state index contributed by atoms with van der Waals surface area (Å²) in [6.45, 7) is 8.94. The number of hydroxylamine groups is 1. The van der Waals surface area contributed by atoms with Gasteiger partial charge in [0, 0.05) is 18.9 Å². The molecule has 0 radical (unpaired) electrons. The highest BCUT2D eigenvalue weighted by Gasteiger charge is 2.38. The fraction of sp³-hybridized carbons (Fsp3) is 0.455. The maximum absolute atomic E-state index is 13.6. The van der Waals surface area contributed by atoms with Gasteiger partial charge in [0.15, 0.2) is 0 Å². The van der Waals surface area contributed by atoms with Gasteiger partial charge in [0.2, 0.25) is 10.0 Å². The second kappa shape index (κ2) is 10.2. The number of rotatable bonds is 9. The lowest BCUT2D eigenvalue weighted by molar-refractivity contribution is -0.151. The lowest BCUT2D eigenvalue weighted by atomic mass is 10.0. The molecule has 0 spiro atoms. The molecule has 170 valence electrons. The molecule has 1 amide bonds. The minimum Gasteiger partial charge on any atom is -0.497 e. The van der Waals surface area contributed by atoms with Crippen LogP contribution < -0.4 is 10.2 Å². The molecule has 1 heterocycles. The summed E-state index contributed by atoms with van der Waals surface area (Å²) in [4.78, 5) is 22.6. The maximum atomic E-state index is 13.6. The number of nitrogens with zero attached hydrogens (tertiary/aromatic N) is 2. The number of amides is 1. The van der Waals surface area contributed by atoms with Crippen LogP contribution >= 0.6 is 0 Å². The standard InChI is InChI=1S/C22H31N3O5S/c1-16(2)20(21(26)24-30-22(3,4)5)25(15-17-8-7-13-23-14-17)31(27,28)19-11-9-18(29-6)10-12-19/h7-14,16,20H,15H2,1-6H3,(H,24,26). The highest BCUT2D eigenvalue weighted by Crippen LogP contribution is 2.26. The number of ether oxygens (including phenoxy) is 1. The van der Waals surface area contributed by atoms with Gasteiger partial charge in [-0.2, -0.15) is 4.31 Å². The molecule has 8 nitrogen and oxygen atoms in total. The zero-order chi connectivity index (χ0) is 23.2. The Balaban J connectivity index is 2.49. The number of hydrogen-bond acceptors (Lipinski definition) is 6. The number of nitrogens with one attached hydrogen (secondary N) is 1. The maximum Gasteiger partial charge on any atom is 0.262 e. The van der Waals surface area contributed by atoms with Gasteiger partial charge in [-0.1, -0.05) is 19.9 Å². The Morgan fingerprint density at radius 2 is 1.81 bits per heavy atom. The Kier molecular flexibility index (Phi) is 8.16. The molecule has 1 atom stereocenters. The van der Waals surface area contributed by atoms with E-state index in [1.165, 1.54) is 23.5 Å². The molecule has 1 aromatic carbocycles. The number of benzene rings is 1. The number of aromatic nitrogens is 1. The molecule has 0 fully saturated rings. The lowest BCUT2D eigenvalue weighted by Crippen LogP contribution is -2.52. The average molecular weight is 450 g/mol. The third-order valence-corrected chi connectivity index (χ3v) is 6.24. The van der Waals surface area contributed by atoms with Gasteiger partial charge in [0.25, 0.3) is 5.91 Å². The van der Waals surface area contributed by atoms with Gasteiger partial charge in [-0.15, -0.1) is 0 Å². The van der Waals surface area contributed by atoms with Crippen LogP contribution in [0.4, 0.5) is 0 Å². The van der Waals surface area contributed by atoms with E-state index in [1.807, 2.05) is 0 Å². The van der Waals surface area contributed by atoms with Gasteiger partial charge in [-0.25, -0.2) is 13.9 Å². The van der Waals surface area contributed by atoms with Crippen LogP contribution in [0.5, 0.6) is 5.75 Å². The van der Waals surface area contributed by atoms with E-state index in [2.05, 4.69) is 10.5 Å². The highest BCUT2D eigenvalue weighted by atomic mass is 32.2. The van der Waals surface area contributed by atoms with Crippen LogP contribution in [-0.2, 0) is 26.2 Å². The predicted molar refractivity (Wildman–Crippen MR) is 118 cm³/mol. The molecule has 1 aromatic heterocycles. The third kappa shape index (κ3) is 6.75. The van der Waals surface area contributed by atoms with E-state index >= 15 is 0 Å². The SMILES string of the molecule is COc1ccc(S(=O)(=O)N(Cc2cccnc2)C(C(=O)NOC(C)(C)C)C(C)C)cc1. The predicted octanol–water partition coefficient (Wildman–Crippen LogP) is 3.15. The van der Waals surface area contributed by atoms with Crippen molar-refractivity contribution in [3.05, 3.63) is 54.4 Å². The first-order chi connectivity index (χ1) is 14.5. The van der Waals surface area contributed by atoms with Gasteiger partial charge in [0.05, 0.1) is 17.6 Å². The Bertz CT molecular complexity index is 955. The van der Waals surface area contributed by atoms with E-state index < -0.39 is 27.6 Å². The quantitative estimate of drug-likeness (QED) is 0.591. The summed E-state index contributed by atoms with van der Waals surface area (Å²) < 4.78 is 33.6. The minimum absolute atomic E-state index is 0.0199. The molecule has 0 bridgehead atoms. The average Bonchev–Trinajstić information content (AvgIpc) is 2.71. The van der Waals surface area contributed by atoms with Crippen molar-refractivity contribution in [1.82, 2.24) is 14.8 Å². The molecule has 0 aliphatic carbocycles. The molecule has 1 unspecified atom stereocenters. The number of carbonyl (C=O) groups excluding carboxylic acids is 1. The van der Waals surface area contributed by atoms with Crippen LogP contribution in [0.1, 0.15) is 40.2 Å². The summed E-state index contributed by atoms with van der Waals surface area (Å²) >= 11 is 0. The van der Waals surface area contributed by atoms with E-state index in [0.717, 1.165) is 0 Å². The second-order valence-corrected chi connectivity index (χ2v) is 10.3. The smallest absolute Gasteiger partial charge is 0.262 e. The van der Waals surface area contributed by atoms with Gasteiger partial charge < -0.3 is 4.74 Å². The molecular weight excluding hydrogens is 418 g/mol. The molecule has 1 N–H and O–H groups in total. The number of sulfonamides is 1. The van der Waals surface area contributed by atoms with Crippen molar-refractivity contribution in [2.75, 3.05) is 7.11 Å². The summed E-state index contributed by atoms with van der Waals surface area (Å²) in [6, 6.07) is 8.56. The fourth-order valence-electron chi connectivity index (χ4n) is 2.92. The monoisotopic (exact) mass is 449 g/mol. The van der Waals surface area contributed by atoms with E-state index in [4.69, 9.17) is 9.57 Å². The third-order valence-electron chi connectivity index (χ3n) is 4.40. The molecule has 0 aliphatic rings. The summed E-state index contributed by atoms with van der Waals surface area (Å²) in [5.41, 5.74) is 2.47. The van der Waals surface area contributed by atoms with Gasteiger partial charge >= 0.3 is 0 Å². The van der Waals surface area contributed by atoms with Gasteiger partial charge in [-0.05, 0) is 62.6 Å². The first-order valence-corrected chi connectivity index (χ1v) is 11.4. The Hall–Kier alpha value is -2.49. The molecule has 2 aromatic rings. The lowest BCUT2D eigenvalue weighted by Gasteiger charge is -2.33. The van der Waals surface area contributed by atoms with Crippen molar-refractivity contribution < 1.29 is 22.8 Å². The van der Waals surface area contributed by atoms with Crippen LogP contribution in [0.3, 0.4) is 0 Å². The molecule has 0 aliphatic heterocycles. The first kappa shape index (κ1) is 24.8. The van der Waals surface area contributed by atoms with Crippen LogP contribution in [0.25, 0.3) is 0 Å². The van der Waals surface area contributed by atoms with Crippen molar-refractivity contribution >= 4 is 15.9 Å². The van der Waals surface area contributed by atoms with Crippen molar-refractivity contribution in [2.45, 2.75) is 57.7 Å².